The summed E-state index contributed by atoms with van der Waals surface area (Å²) in [6.07, 6.45) is 2.71. The van der Waals surface area contributed by atoms with Gasteiger partial charge in [0.15, 0.2) is 11.5 Å². The van der Waals surface area contributed by atoms with E-state index in [9.17, 15) is 9.90 Å². The number of carbonyl (C=O) groups is 1. The molecule has 1 heterocycles. The van der Waals surface area contributed by atoms with Gasteiger partial charge in [-0.15, -0.1) is 0 Å². The number of unbranched alkanes of at least 4 members (excludes halogenated alkanes) is 2. The fourth-order valence-electron chi connectivity index (χ4n) is 4.72. The SMILES string of the molecule is COc1ccc(C2(O)c3ccc(OC)cc3Sc3cc(OC)c(OCCCCCC(=O)OC(C)(C)C)cc32)cc1. The van der Waals surface area contributed by atoms with Gasteiger partial charge in [-0.25, -0.2) is 0 Å². The number of rotatable bonds is 11. The van der Waals surface area contributed by atoms with Gasteiger partial charge >= 0.3 is 5.97 Å². The highest BCUT2D eigenvalue weighted by Crippen LogP contribution is 2.54. The van der Waals surface area contributed by atoms with Crippen molar-refractivity contribution in [1.29, 1.82) is 0 Å². The van der Waals surface area contributed by atoms with Crippen LogP contribution in [-0.4, -0.2) is 44.6 Å². The van der Waals surface area contributed by atoms with Crippen LogP contribution in [0, 0.1) is 0 Å². The average Bonchev–Trinajstić information content (AvgIpc) is 2.93. The highest BCUT2D eigenvalue weighted by atomic mass is 32.2. The smallest absolute Gasteiger partial charge is 0.306 e. The molecule has 40 heavy (non-hydrogen) atoms. The van der Waals surface area contributed by atoms with Crippen LogP contribution in [0.2, 0.25) is 0 Å². The molecule has 4 rings (SSSR count). The number of methoxy groups -OCH3 is 3. The first kappa shape index (κ1) is 29.6. The number of fused-ring (bicyclic) bond motifs is 2. The molecule has 8 heteroatoms. The summed E-state index contributed by atoms with van der Waals surface area (Å²) in [6, 6.07) is 16.9. The number of ether oxygens (including phenoxy) is 5. The second-order valence-corrected chi connectivity index (χ2v) is 11.7. The largest absolute Gasteiger partial charge is 0.497 e. The van der Waals surface area contributed by atoms with Crippen LogP contribution in [0.5, 0.6) is 23.0 Å². The van der Waals surface area contributed by atoms with E-state index in [0.717, 1.165) is 34.6 Å². The molecule has 7 nitrogen and oxygen atoms in total. The van der Waals surface area contributed by atoms with Gasteiger partial charge in [0.25, 0.3) is 0 Å². The van der Waals surface area contributed by atoms with Crippen LogP contribution in [0.25, 0.3) is 0 Å². The van der Waals surface area contributed by atoms with Gasteiger partial charge in [-0.3, -0.25) is 4.79 Å². The standard InChI is InChI=1S/C32H38O7S/c1-31(2,3)39-30(33)10-8-7-9-17-38-27-19-25-29(20-26(27)37-6)40-28-18-23(36-5)15-16-24(28)32(25,34)21-11-13-22(35-4)14-12-21/h11-16,18-20,34H,7-10,17H2,1-6H3. The van der Waals surface area contributed by atoms with Gasteiger partial charge in [0.2, 0.25) is 0 Å². The van der Waals surface area contributed by atoms with E-state index in [1.54, 1.807) is 33.1 Å². The van der Waals surface area contributed by atoms with E-state index in [0.29, 0.717) is 47.2 Å². The number of benzene rings is 3. The Balaban J connectivity index is 1.58. The summed E-state index contributed by atoms with van der Waals surface area (Å²) < 4.78 is 28.0. The Morgan fingerprint density at radius 2 is 1.48 bits per heavy atom. The predicted molar refractivity (Wildman–Crippen MR) is 155 cm³/mol. The van der Waals surface area contributed by atoms with E-state index in [1.807, 2.05) is 75.4 Å². The zero-order valence-electron chi connectivity index (χ0n) is 24.0. The fourth-order valence-corrected chi connectivity index (χ4v) is 5.94. The Morgan fingerprint density at radius 1 is 0.800 bits per heavy atom. The number of esters is 1. The maximum absolute atomic E-state index is 12.5. The molecule has 0 fully saturated rings. The molecule has 1 atom stereocenters. The number of carbonyl (C=O) groups excluding carboxylic acids is 1. The summed E-state index contributed by atoms with van der Waals surface area (Å²) in [5.41, 5.74) is 0.267. The van der Waals surface area contributed by atoms with Crippen LogP contribution >= 0.6 is 11.8 Å². The van der Waals surface area contributed by atoms with E-state index >= 15 is 0 Å². The number of hydrogen-bond donors (Lipinski definition) is 1. The van der Waals surface area contributed by atoms with Gasteiger partial charge in [-0.05, 0) is 82.0 Å². The highest BCUT2D eigenvalue weighted by Gasteiger charge is 2.42. The first-order chi connectivity index (χ1) is 19.1. The Labute approximate surface area is 240 Å². The van der Waals surface area contributed by atoms with E-state index in [-0.39, 0.29) is 5.97 Å². The quantitative estimate of drug-likeness (QED) is 0.202. The summed E-state index contributed by atoms with van der Waals surface area (Å²) in [6.45, 7) is 6.06. The molecule has 0 aromatic heterocycles. The van der Waals surface area contributed by atoms with Crippen molar-refractivity contribution in [1.82, 2.24) is 0 Å². The molecule has 0 radical (unpaired) electrons. The van der Waals surface area contributed by atoms with Crippen molar-refractivity contribution in [3.8, 4) is 23.0 Å². The van der Waals surface area contributed by atoms with Crippen molar-refractivity contribution in [2.75, 3.05) is 27.9 Å². The molecule has 0 amide bonds. The Morgan fingerprint density at radius 3 is 2.12 bits per heavy atom. The molecule has 1 aliphatic rings. The molecule has 0 aliphatic carbocycles. The van der Waals surface area contributed by atoms with Crippen LogP contribution < -0.4 is 18.9 Å². The molecule has 0 bridgehead atoms. The maximum Gasteiger partial charge on any atom is 0.306 e. The number of hydrogen-bond acceptors (Lipinski definition) is 8. The van der Waals surface area contributed by atoms with Crippen LogP contribution in [0.1, 0.15) is 63.1 Å². The summed E-state index contributed by atoms with van der Waals surface area (Å²) in [4.78, 5) is 13.7. The fraction of sp³-hybridized carbons (Fsp3) is 0.406. The summed E-state index contributed by atoms with van der Waals surface area (Å²) in [5.74, 6) is 2.38. The first-order valence-corrected chi connectivity index (χ1v) is 14.2. The third kappa shape index (κ3) is 6.50. The van der Waals surface area contributed by atoms with Crippen molar-refractivity contribution >= 4 is 17.7 Å². The molecule has 0 saturated heterocycles. The molecular formula is C32H38O7S. The summed E-state index contributed by atoms with van der Waals surface area (Å²) >= 11 is 1.55. The molecule has 0 spiro atoms. The van der Waals surface area contributed by atoms with Crippen molar-refractivity contribution in [3.05, 3.63) is 71.3 Å². The zero-order valence-corrected chi connectivity index (χ0v) is 24.9. The zero-order chi connectivity index (χ0) is 28.9. The van der Waals surface area contributed by atoms with Gasteiger partial charge in [0, 0.05) is 27.3 Å². The minimum atomic E-state index is -1.44. The number of aliphatic hydroxyl groups is 1. The van der Waals surface area contributed by atoms with Gasteiger partial charge in [-0.1, -0.05) is 30.0 Å². The predicted octanol–water partition coefficient (Wildman–Crippen LogP) is 6.74. The maximum atomic E-state index is 12.5. The highest BCUT2D eigenvalue weighted by molar-refractivity contribution is 7.99. The van der Waals surface area contributed by atoms with Crippen LogP contribution in [0.15, 0.2) is 64.4 Å². The van der Waals surface area contributed by atoms with Crippen molar-refractivity contribution in [2.45, 2.75) is 67.4 Å². The van der Waals surface area contributed by atoms with E-state index < -0.39 is 11.2 Å². The second-order valence-electron chi connectivity index (χ2n) is 10.6. The molecule has 1 aliphatic heterocycles. The molecule has 3 aromatic carbocycles. The Bertz CT molecular complexity index is 1330. The molecular weight excluding hydrogens is 528 g/mol. The topological polar surface area (TPSA) is 83.5 Å². The normalized spacial score (nSPS) is 16.0. The lowest BCUT2D eigenvalue weighted by Crippen LogP contribution is -2.32. The van der Waals surface area contributed by atoms with Crippen molar-refractivity contribution in [2.24, 2.45) is 0 Å². The Kier molecular flexibility index (Phi) is 9.21. The third-order valence-electron chi connectivity index (χ3n) is 6.66. The third-order valence-corrected chi connectivity index (χ3v) is 7.78. The van der Waals surface area contributed by atoms with Gasteiger partial charge in [0.05, 0.1) is 27.9 Å². The van der Waals surface area contributed by atoms with Crippen molar-refractivity contribution in [3.63, 3.8) is 0 Å². The molecule has 3 aromatic rings. The molecule has 214 valence electrons. The average molecular weight is 567 g/mol. The van der Waals surface area contributed by atoms with Crippen molar-refractivity contribution < 1.29 is 33.6 Å². The van der Waals surface area contributed by atoms with E-state index in [2.05, 4.69) is 0 Å². The lowest BCUT2D eigenvalue weighted by Gasteiger charge is -2.37. The first-order valence-electron chi connectivity index (χ1n) is 13.4. The summed E-state index contributed by atoms with van der Waals surface area (Å²) in [7, 11) is 4.85. The van der Waals surface area contributed by atoms with Gasteiger partial charge in [0.1, 0.15) is 22.7 Å². The van der Waals surface area contributed by atoms with E-state index in [1.165, 1.54) is 0 Å². The van der Waals surface area contributed by atoms with Gasteiger partial charge in [-0.2, -0.15) is 0 Å². The van der Waals surface area contributed by atoms with E-state index in [4.69, 9.17) is 23.7 Å². The van der Waals surface area contributed by atoms with Crippen LogP contribution in [0.4, 0.5) is 0 Å². The van der Waals surface area contributed by atoms with Crippen LogP contribution in [0.3, 0.4) is 0 Å². The monoisotopic (exact) mass is 566 g/mol. The lowest BCUT2D eigenvalue weighted by atomic mass is 9.79. The van der Waals surface area contributed by atoms with Crippen LogP contribution in [-0.2, 0) is 15.1 Å². The molecule has 0 saturated carbocycles. The summed E-state index contributed by atoms with van der Waals surface area (Å²) in [5, 5.41) is 12.5. The Hall–Kier alpha value is -3.36. The lowest BCUT2D eigenvalue weighted by molar-refractivity contribution is -0.154. The van der Waals surface area contributed by atoms with Gasteiger partial charge < -0.3 is 28.8 Å². The molecule has 1 N–H and O–H groups in total. The minimum absolute atomic E-state index is 0.182. The minimum Gasteiger partial charge on any atom is -0.497 e. The molecule has 1 unspecified atom stereocenters. The second kappa shape index (κ2) is 12.4.